The van der Waals surface area contributed by atoms with Crippen LogP contribution in [-0.4, -0.2) is 30.1 Å². The second-order valence-corrected chi connectivity index (χ2v) is 4.96. The molecule has 0 amide bonds. The second-order valence-electron chi connectivity index (χ2n) is 4.52. The fourth-order valence-corrected chi connectivity index (χ4v) is 2.38. The van der Waals surface area contributed by atoms with Crippen LogP contribution < -0.4 is 5.73 Å². The summed E-state index contributed by atoms with van der Waals surface area (Å²) >= 11 is 5.99. The van der Waals surface area contributed by atoms with Crippen molar-refractivity contribution in [3.8, 4) is 0 Å². The van der Waals surface area contributed by atoms with E-state index in [1.165, 1.54) is 0 Å². The van der Waals surface area contributed by atoms with Crippen molar-refractivity contribution in [2.75, 3.05) is 20.1 Å². The van der Waals surface area contributed by atoms with Crippen molar-refractivity contribution in [3.05, 3.63) is 34.3 Å². The predicted molar refractivity (Wildman–Crippen MR) is 65.4 cm³/mol. The van der Waals surface area contributed by atoms with Crippen LogP contribution in [0.5, 0.6) is 0 Å². The van der Waals surface area contributed by atoms with E-state index in [0.29, 0.717) is 11.4 Å². The molecule has 0 bridgehead atoms. The van der Waals surface area contributed by atoms with E-state index in [9.17, 15) is 5.11 Å². The van der Waals surface area contributed by atoms with Crippen LogP contribution in [0.4, 0.5) is 0 Å². The molecule has 0 unspecified atom stereocenters. The van der Waals surface area contributed by atoms with E-state index in [1.807, 2.05) is 25.2 Å². The van der Waals surface area contributed by atoms with Crippen molar-refractivity contribution >= 4 is 11.6 Å². The lowest BCUT2D eigenvalue weighted by Crippen LogP contribution is -2.36. The van der Waals surface area contributed by atoms with Gasteiger partial charge in [-0.2, -0.15) is 0 Å². The molecule has 1 heterocycles. The number of nitrogens with zero attached hydrogens (tertiary/aromatic N) is 1. The third kappa shape index (κ3) is 2.09. The minimum Gasteiger partial charge on any atom is -0.384 e. The third-order valence-corrected chi connectivity index (χ3v) is 3.49. The molecule has 0 aliphatic carbocycles. The second kappa shape index (κ2) is 4.34. The Bertz CT molecular complexity index is 397. The average Bonchev–Trinajstić information content (AvgIpc) is 2.39. The van der Waals surface area contributed by atoms with Gasteiger partial charge in [0.1, 0.15) is 5.60 Å². The highest BCUT2D eigenvalue weighted by Gasteiger charge is 2.32. The summed E-state index contributed by atoms with van der Waals surface area (Å²) in [5.74, 6) is 0. The summed E-state index contributed by atoms with van der Waals surface area (Å²) in [4.78, 5) is 2.18. The third-order valence-electron chi connectivity index (χ3n) is 3.26. The highest BCUT2D eigenvalue weighted by Crippen LogP contribution is 2.32. The van der Waals surface area contributed by atoms with E-state index < -0.39 is 5.60 Å². The van der Waals surface area contributed by atoms with Crippen LogP contribution in [0.3, 0.4) is 0 Å². The van der Waals surface area contributed by atoms with Crippen LogP contribution in [0.1, 0.15) is 17.5 Å². The monoisotopic (exact) mass is 240 g/mol. The number of rotatable bonds is 1. The van der Waals surface area contributed by atoms with Gasteiger partial charge in [0.2, 0.25) is 0 Å². The first kappa shape index (κ1) is 11.9. The molecule has 0 radical (unpaired) electrons. The lowest BCUT2D eigenvalue weighted by atomic mass is 9.88. The number of halogens is 1. The largest absolute Gasteiger partial charge is 0.384 e. The zero-order valence-electron chi connectivity index (χ0n) is 9.41. The highest BCUT2D eigenvalue weighted by molar-refractivity contribution is 6.30. The molecule has 0 saturated heterocycles. The van der Waals surface area contributed by atoms with E-state index >= 15 is 0 Å². The normalized spacial score (nSPS) is 26.2. The molecule has 0 aromatic heterocycles. The Balaban J connectivity index is 2.52. The van der Waals surface area contributed by atoms with Gasteiger partial charge in [-0.05, 0) is 36.7 Å². The maximum absolute atomic E-state index is 10.5. The predicted octanol–water partition coefficient (Wildman–Crippen LogP) is 1.32. The Kier molecular flexibility index (Phi) is 3.22. The van der Waals surface area contributed by atoms with Crippen molar-refractivity contribution < 1.29 is 5.11 Å². The number of benzene rings is 1. The minimum atomic E-state index is -0.939. The standard InChI is InChI=1S/C12H17ClN2O/c1-15-5-4-12(16,8-14)11-6-10(13)3-2-9(11)7-15/h2-3,6,16H,4-5,7-8,14H2,1H3/t12-/m0/s1. The Morgan fingerprint density at radius 3 is 3.00 bits per heavy atom. The van der Waals surface area contributed by atoms with Crippen LogP contribution in [0, 0.1) is 0 Å². The highest BCUT2D eigenvalue weighted by atomic mass is 35.5. The lowest BCUT2D eigenvalue weighted by Gasteiger charge is -2.27. The number of fused-ring (bicyclic) bond motifs is 1. The van der Waals surface area contributed by atoms with E-state index in [-0.39, 0.29) is 6.54 Å². The zero-order chi connectivity index (χ0) is 11.8. The topological polar surface area (TPSA) is 49.5 Å². The van der Waals surface area contributed by atoms with Gasteiger partial charge in [-0.25, -0.2) is 0 Å². The van der Waals surface area contributed by atoms with Crippen LogP contribution in [-0.2, 0) is 12.1 Å². The molecule has 3 nitrogen and oxygen atoms in total. The van der Waals surface area contributed by atoms with Crippen molar-refractivity contribution in [2.45, 2.75) is 18.6 Å². The van der Waals surface area contributed by atoms with E-state index in [1.54, 1.807) is 0 Å². The molecule has 1 atom stereocenters. The van der Waals surface area contributed by atoms with Crippen molar-refractivity contribution in [1.29, 1.82) is 0 Å². The number of hydrogen-bond donors (Lipinski definition) is 2. The van der Waals surface area contributed by atoms with Gasteiger partial charge in [0.05, 0.1) is 0 Å². The molecular formula is C12H17ClN2O. The Morgan fingerprint density at radius 1 is 1.56 bits per heavy atom. The summed E-state index contributed by atoms with van der Waals surface area (Å²) in [6.07, 6.45) is 0.646. The molecular weight excluding hydrogens is 224 g/mol. The molecule has 0 saturated carbocycles. The Morgan fingerprint density at radius 2 is 2.31 bits per heavy atom. The Hall–Kier alpha value is -0.610. The summed E-state index contributed by atoms with van der Waals surface area (Å²) in [6, 6.07) is 5.67. The molecule has 1 aliphatic rings. The van der Waals surface area contributed by atoms with Gasteiger partial charge in [-0.3, -0.25) is 0 Å². The maximum atomic E-state index is 10.5. The molecule has 3 N–H and O–H groups in total. The zero-order valence-corrected chi connectivity index (χ0v) is 10.2. The fraction of sp³-hybridized carbons (Fsp3) is 0.500. The van der Waals surface area contributed by atoms with Gasteiger partial charge in [0.15, 0.2) is 0 Å². The summed E-state index contributed by atoms with van der Waals surface area (Å²) in [5, 5.41) is 11.2. The van der Waals surface area contributed by atoms with Crippen LogP contribution in [0.15, 0.2) is 18.2 Å². The smallest absolute Gasteiger partial charge is 0.103 e. The van der Waals surface area contributed by atoms with Gasteiger partial charge in [-0.15, -0.1) is 0 Å². The molecule has 0 fully saturated rings. The molecule has 88 valence electrons. The first-order chi connectivity index (χ1) is 7.55. The Labute approximate surface area is 101 Å². The van der Waals surface area contributed by atoms with E-state index in [2.05, 4.69) is 4.90 Å². The molecule has 16 heavy (non-hydrogen) atoms. The molecule has 2 rings (SSSR count). The minimum absolute atomic E-state index is 0.230. The summed E-state index contributed by atoms with van der Waals surface area (Å²) < 4.78 is 0. The van der Waals surface area contributed by atoms with Gasteiger partial charge in [0, 0.05) is 24.7 Å². The van der Waals surface area contributed by atoms with Gasteiger partial charge >= 0.3 is 0 Å². The number of nitrogens with two attached hydrogens (primary N) is 1. The van der Waals surface area contributed by atoms with Gasteiger partial charge in [0.25, 0.3) is 0 Å². The number of hydrogen-bond acceptors (Lipinski definition) is 3. The first-order valence-electron chi connectivity index (χ1n) is 5.45. The van der Waals surface area contributed by atoms with Crippen molar-refractivity contribution in [3.63, 3.8) is 0 Å². The van der Waals surface area contributed by atoms with Crippen LogP contribution >= 0.6 is 11.6 Å². The van der Waals surface area contributed by atoms with Gasteiger partial charge < -0.3 is 15.7 Å². The van der Waals surface area contributed by atoms with Crippen molar-refractivity contribution in [2.24, 2.45) is 5.73 Å². The summed E-state index contributed by atoms with van der Waals surface area (Å²) in [6.45, 7) is 1.89. The van der Waals surface area contributed by atoms with E-state index in [4.69, 9.17) is 17.3 Å². The quantitative estimate of drug-likeness (QED) is 0.779. The SMILES string of the molecule is CN1CC[C@](O)(CN)c2cc(Cl)ccc2C1. The molecule has 1 aromatic rings. The molecule has 1 aliphatic heterocycles. The van der Waals surface area contributed by atoms with Crippen molar-refractivity contribution in [1.82, 2.24) is 4.90 Å². The van der Waals surface area contributed by atoms with Crippen LogP contribution in [0.25, 0.3) is 0 Å². The summed E-state index contributed by atoms with van der Waals surface area (Å²) in [5.41, 5.74) is 6.76. The van der Waals surface area contributed by atoms with Crippen LogP contribution in [0.2, 0.25) is 5.02 Å². The fourth-order valence-electron chi connectivity index (χ4n) is 2.21. The average molecular weight is 241 g/mol. The van der Waals surface area contributed by atoms with Gasteiger partial charge in [-0.1, -0.05) is 17.7 Å². The lowest BCUT2D eigenvalue weighted by molar-refractivity contribution is 0.0333. The number of aliphatic hydroxyl groups is 1. The molecule has 4 heteroatoms. The van der Waals surface area contributed by atoms with E-state index in [0.717, 1.165) is 24.2 Å². The first-order valence-corrected chi connectivity index (χ1v) is 5.83. The maximum Gasteiger partial charge on any atom is 0.103 e. The molecule has 1 aromatic carbocycles. The summed E-state index contributed by atoms with van der Waals surface area (Å²) in [7, 11) is 2.04. The molecule has 0 spiro atoms.